The van der Waals surface area contributed by atoms with Gasteiger partial charge in [0.2, 0.25) is 17.8 Å². The maximum Gasteiger partial charge on any atom is 0.251 e. The van der Waals surface area contributed by atoms with Crippen molar-refractivity contribution in [1.29, 1.82) is 0 Å². The van der Waals surface area contributed by atoms with Crippen LogP contribution in [0.3, 0.4) is 0 Å². The Balaban J connectivity index is 1.38. The van der Waals surface area contributed by atoms with Crippen LogP contribution in [-0.4, -0.2) is 65.4 Å². The summed E-state index contributed by atoms with van der Waals surface area (Å²) in [6.07, 6.45) is 3.47. The van der Waals surface area contributed by atoms with Gasteiger partial charge in [-0.3, -0.25) is 9.78 Å². The van der Waals surface area contributed by atoms with Crippen LogP contribution in [0, 0.1) is 0 Å². The van der Waals surface area contributed by atoms with Crippen molar-refractivity contribution < 1.29 is 14.3 Å². The molecule has 214 valence electrons. The highest BCUT2D eigenvalue weighted by atomic mass is 16.5. The molecule has 0 aliphatic carbocycles. The van der Waals surface area contributed by atoms with E-state index in [1.54, 1.807) is 30.6 Å². The quantitative estimate of drug-likeness (QED) is 0.121. The van der Waals surface area contributed by atoms with Gasteiger partial charge < -0.3 is 36.5 Å². The van der Waals surface area contributed by atoms with E-state index in [-0.39, 0.29) is 5.91 Å². The lowest BCUT2D eigenvalue weighted by Gasteiger charge is -2.12. The number of nitrogens with two attached hydrogens (primary N) is 1. The van der Waals surface area contributed by atoms with Crippen molar-refractivity contribution in [3.63, 3.8) is 0 Å². The number of anilines is 4. The van der Waals surface area contributed by atoms with E-state index in [4.69, 9.17) is 15.2 Å². The van der Waals surface area contributed by atoms with Gasteiger partial charge in [-0.25, -0.2) is 0 Å². The third kappa shape index (κ3) is 10.4. The summed E-state index contributed by atoms with van der Waals surface area (Å²) < 4.78 is 10.7. The van der Waals surface area contributed by atoms with Crippen LogP contribution in [0.1, 0.15) is 21.5 Å². The SMILES string of the molecule is NCCOCCOCCNC(=O)c1cccc(Nc2nc(NCc3ccccc3)nc(NCc3ccncc3)n2)c1. The molecule has 0 spiro atoms. The number of benzene rings is 2. The number of hydrogen-bond acceptors (Lipinski definition) is 11. The van der Waals surface area contributed by atoms with Gasteiger partial charge in [-0.2, -0.15) is 15.0 Å². The van der Waals surface area contributed by atoms with E-state index in [9.17, 15) is 4.79 Å². The number of hydrogen-bond donors (Lipinski definition) is 5. The van der Waals surface area contributed by atoms with E-state index in [0.717, 1.165) is 11.1 Å². The number of nitrogens with zero attached hydrogens (tertiary/aromatic N) is 4. The van der Waals surface area contributed by atoms with Gasteiger partial charge in [-0.15, -0.1) is 0 Å². The second-order valence-electron chi connectivity index (χ2n) is 8.83. The second kappa shape index (κ2) is 16.5. The Bertz CT molecular complexity index is 1280. The highest BCUT2D eigenvalue weighted by Gasteiger charge is 2.10. The number of amides is 1. The molecule has 0 radical (unpaired) electrons. The largest absolute Gasteiger partial charge is 0.378 e. The van der Waals surface area contributed by atoms with Crippen LogP contribution in [0.25, 0.3) is 0 Å². The molecule has 0 unspecified atom stereocenters. The predicted octanol–water partition coefficient (Wildman–Crippen LogP) is 2.96. The normalized spacial score (nSPS) is 10.7. The van der Waals surface area contributed by atoms with Crippen LogP contribution in [0.2, 0.25) is 0 Å². The molecule has 2 aromatic heterocycles. The summed E-state index contributed by atoms with van der Waals surface area (Å²) in [6.45, 7) is 3.73. The number of nitrogens with one attached hydrogen (secondary N) is 4. The van der Waals surface area contributed by atoms with Gasteiger partial charge in [0.15, 0.2) is 0 Å². The number of aromatic nitrogens is 4. The molecular formula is C29H35N9O3. The summed E-state index contributed by atoms with van der Waals surface area (Å²) >= 11 is 0. The van der Waals surface area contributed by atoms with E-state index in [1.807, 2.05) is 48.5 Å². The monoisotopic (exact) mass is 557 g/mol. The summed E-state index contributed by atoms with van der Waals surface area (Å²) in [5.74, 6) is 0.927. The third-order valence-corrected chi connectivity index (χ3v) is 5.68. The van der Waals surface area contributed by atoms with Crippen molar-refractivity contribution in [1.82, 2.24) is 25.3 Å². The smallest absolute Gasteiger partial charge is 0.251 e. The zero-order valence-corrected chi connectivity index (χ0v) is 22.8. The summed E-state index contributed by atoms with van der Waals surface area (Å²) in [7, 11) is 0. The topological polar surface area (TPSA) is 161 Å². The molecule has 6 N–H and O–H groups in total. The molecule has 0 saturated heterocycles. The molecule has 1 amide bonds. The molecule has 0 fully saturated rings. The molecule has 2 heterocycles. The minimum absolute atomic E-state index is 0.211. The number of carbonyl (C=O) groups excluding carboxylic acids is 1. The Morgan fingerprint density at radius 3 is 2.10 bits per heavy atom. The summed E-state index contributed by atoms with van der Waals surface area (Å²) in [5, 5.41) is 12.6. The van der Waals surface area contributed by atoms with Gasteiger partial charge in [0.05, 0.1) is 26.4 Å². The van der Waals surface area contributed by atoms with Crippen molar-refractivity contribution in [3.8, 4) is 0 Å². The molecule has 0 saturated carbocycles. The highest BCUT2D eigenvalue weighted by molar-refractivity contribution is 5.95. The first kappa shape index (κ1) is 29.3. The molecule has 2 aromatic carbocycles. The Morgan fingerprint density at radius 2 is 1.39 bits per heavy atom. The lowest BCUT2D eigenvalue weighted by Crippen LogP contribution is -2.27. The average molecular weight is 558 g/mol. The van der Waals surface area contributed by atoms with Crippen LogP contribution in [0.4, 0.5) is 23.5 Å². The summed E-state index contributed by atoms with van der Waals surface area (Å²) in [5.41, 5.74) is 8.66. The standard InChI is InChI=1S/C29H35N9O3/c30-11-15-40-17-18-41-16-14-32-26(39)24-7-4-8-25(19-24)35-29-37-27(33-20-22-5-2-1-3-6-22)36-28(38-29)34-21-23-9-12-31-13-10-23/h1-10,12-13,19H,11,14-18,20-21,30H2,(H,32,39)(H3,33,34,35,36,37,38). The van der Waals surface area contributed by atoms with Crippen molar-refractivity contribution >= 4 is 29.4 Å². The predicted molar refractivity (Wildman–Crippen MR) is 158 cm³/mol. The zero-order valence-electron chi connectivity index (χ0n) is 22.8. The van der Waals surface area contributed by atoms with Crippen LogP contribution in [0.15, 0.2) is 79.1 Å². The van der Waals surface area contributed by atoms with E-state index in [2.05, 4.69) is 41.2 Å². The maximum atomic E-state index is 12.7. The molecule has 4 aromatic rings. The van der Waals surface area contributed by atoms with Crippen molar-refractivity contribution in [2.24, 2.45) is 5.73 Å². The Hall–Kier alpha value is -4.65. The molecule has 12 heteroatoms. The molecule has 12 nitrogen and oxygen atoms in total. The Labute approximate surface area is 239 Å². The maximum absolute atomic E-state index is 12.7. The fraction of sp³-hybridized carbons (Fsp3) is 0.276. The van der Waals surface area contributed by atoms with Crippen LogP contribution in [-0.2, 0) is 22.6 Å². The minimum atomic E-state index is -0.211. The Morgan fingerprint density at radius 1 is 0.732 bits per heavy atom. The molecule has 41 heavy (non-hydrogen) atoms. The van der Waals surface area contributed by atoms with Crippen molar-refractivity contribution in [2.75, 3.05) is 55.5 Å². The first-order chi connectivity index (χ1) is 20.2. The summed E-state index contributed by atoms with van der Waals surface area (Å²) in [6, 6.07) is 20.9. The van der Waals surface area contributed by atoms with Gasteiger partial charge in [0.1, 0.15) is 0 Å². The molecule has 0 atom stereocenters. The van der Waals surface area contributed by atoms with Gasteiger partial charge in [-0.1, -0.05) is 36.4 Å². The van der Waals surface area contributed by atoms with Gasteiger partial charge in [-0.05, 0) is 41.5 Å². The lowest BCUT2D eigenvalue weighted by molar-refractivity contribution is 0.0511. The Kier molecular flexibility index (Phi) is 11.8. The second-order valence-corrected chi connectivity index (χ2v) is 8.83. The van der Waals surface area contributed by atoms with Gasteiger partial charge in [0.25, 0.3) is 5.91 Å². The molecule has 4 rings (SSSR count). The molecule has 0 bridgehead atoms. The molecular weight excluding hydrogens is 522 g/mol. The zero-order chi connectivity index (χ0) is 28.5. The fourth-order valence-corrected chi connectivity index (χ4v) is 3.66. The van der Waals surface area contributed by atoms with E-state index >= 15 is 0 Å². The number of carbonyl (C=O) groups is 1. The van der Waals surface area contributed by atoms with Crippen LogP contribution < -0.4 is 27.0 Å². The third-order valence-electron chi connectivity index (χ3n) is 5.68. The first-order valence-electron chi connectivity index (χ1n) is 13.4. The van der Waals surface area contributed by atoms with Crippen molar-refractivity contribution in [3.05, 3.63) is 95.8 Å². The van der Waals surface area contributed by atoms with E-state index in [0.29, 0.717) is 81.7 Å². The molecule has 0 aliphatic rings. The fourth-order valence-electron chi connectivity index (χ4n) is 3.66. The van der Waals surface area contributed by atoms with Crippen molar-refractivity contribution in [2.45, 2.75) is 13.1 Å². The van der Waals surface area contributed by atoms with Gasteiger partial charge >= 0.3 is 0 Å². The number of ether oxygens (including phenoxy) is 2. The van der Waals surface area contributed by atoms with Gasteiger partial charge in [0, 0.05) is 49.8 Å². The van der Waals surface area contributed by atoms with Crippen LogP contribution >= 0.6 is 0 Å². The van der Waals surface area contributed by atoms with E-state index in [1.165, 1.54) is 0 Å². The lowest BCUT2D eigenvalue weighted by atomic mass is 10.2. The average Bonchev–Trinajstić information content (AvgIpc) is 3.01. The summed E-state index contributed by atoms with van der Waals surface area (Å²) in [4.78, 5) is 30.3. The molecule has 0 aliphatic heterocycles. The minimum Gasteiger partial charge on any atom is -0.378 e. The highest BCUT2D eigenvalue weighted by Crippen LogP contribution is 2.18. The number of rotatable bonds is 17. The number of pyridine rings is 1. The van der Waals surface area contributed by atoms with E-state index < -0.39 is 0 Å². The van der Waals surface area contributed by atoms with Crippen LogP contribution in [0.5, 0.6) is 0 Å². The first-order valence-corrected chi connectivity index (χ1v) is 13.4.